The summed E-state index contributed by atoms with van der Waals surface area (Å²) in [6, 6.07) is 24.7. The number of hydrogen-bond acceptors (Lipinski definition) is 5. The first-order valence-corrected chi connectivity index (χ1v) is 14.1. The second kappa shape index (κ2) is 12.3. The van der Waals surface area contributed by atoms with E-state index in [0.29, 0.717) is 42.3 Å². The maximum atomic E-state index is 13.7. The Kier molecular flexibility index (Phi) is 8.39. The van der Waals surface area contributed by atoms with Crippen LogP contribution >= 0.6 is 11.3 Å². The largest absolute Gasteiger partial charge is 0.490 e. The molecule has 0 saturated carbocycles. The van der Waals surface area contributed by atoms with Gasteiger partial charge in [0.25, 0.3) is 11.8 Å². The molecule has 2 heterocycles. The van der Waals surface area contributed by atoms with Crippen LogP contribution < -0.4 is 15.0 Å². The van der Waals surface area contributed by atoms with Gasteiger partial charge >= 0.3 is 0 Å². The van der Waals surface area contributed by atoms with Gasteiger partial charge in [-0.25, -0.2) is 0 Å². The molecule has 0 fully saturated rings. The Morgan fingerprint density at radius 2 is 1.77 bits per heavy atom. The third-order valence-electron chi connectivity index (χ3n) is 6.82. The number of likely N-dealkylation sites (N-methyl/N-ethyl adjacent to an activating group) is 1. The number of fused-ring (bicyclic) bond motifs is 1. The van der Waals surface area contributed by atoms with E-state index in [1.807, 2.05) is 84.6 Å². The number of nitrogens with one attached hydrogen (secondary N) is 1. The Labute approximate surface area is 233 Å². The Bertz CT molecular complexity index is 1450. The molecule has 5 rings (SSSR count). The van der Waals surface area contributed by atoms with E-state index >= 15 is 0 Å². The van der Waals surface area contributed by atoms with Crippen LogP contribution in [-0.2, 0) is 6.42 Å². The number of aryl methyl sites for hydroxylation is 1. The van der Waals surface area contributed by atoms with Gasteiger partial charge < -0.3 is 19.9 Å². The Morgan fingerprint density at radius 1 is 0.974 bits per heavy atom. The molecule has 7 heteroatoms. The zero-order valence-electron chi connectivity index (χ0n) is 22.4. The minimum absolute atomic E-state index is 0.0543. The summed E-state index contributed by atoms with van der Waals surface area (Å²) < 4.78 is 6.13. The van der Waals surface area contributed by atoms with Crippen LogP contribution in [0.15, 0.2) is 84.2 Å². The van der Waals surface area contributed by atoms with Crippen LogP contribution in [0, 0.1) is 0 Å². The van der Waals surface area contributed by atoms with E-state index in [-0.39, 0.29) is 11.8 Å². The number of ether oxygens (including phenoxy) is 1. The topological polar surface area (TPSA) is 61.9 Å². The molecular formula is C32H33N3O3S. The first-order chi connectivity index (χ1) is 19.0. The van der Waals surface area contributed by atoms with Gasteiger partial charge in [0.05, 0.1) is 11.4 Å². The number of hydrogen-bond donors (Lipinski definition) is 1. The van der Waals surface area contributed by atoms with Gasteiger partial charge in [-0.05, 0) is 80.2 Å². The number of rotatable bonds is 8. The predicted molar refractivity (Wildman–Crippen MR) is 159 cm³/mol. The molecule has 1 N–H and O–H groups in total. The zero-order chi connectivity index (χ0) is 27.2. The first kappa shape index (κ1) is 26.7. The zero-order valence-corrected chi connectivity index (χ0v) is 23.2. The van der Waals surface area contributed by atoms with Crippen molar-refractivity contribution < 1.29 is 14.3 Å². The molecule has 0 aliphatic carbocycles. The van der Waals surface area contributed by atoms with E-state index in [1.54, 1.807) is 29.5 Å². The fourth-order valence-electron chi connectivity index (χ4n) is 4.76. The quantitative estimate of drug-likeness (QED) is 0.274. The van der Waals surface area contributed by atoms with Crippen molar-refractivity contribution in [2.24, 2.45) is 0 Å². The van der Waals surface area contributed by atoms with Gasteiger partial charge in [0.1, 0.15) is 12.4 Å². The summed E-state index contributed by atoms with van der Waals surface area (Å²) in [6.45, 7) is 1.81. The standard InChI is InChI=1S/C32H33N3O3S/c1-34(2)19-20-38-29-22-24(32(37)35-18-9-8-14-30-28(35)17-21-39-30)15-16-27(29)33-31(36)26-13-7-6-12-25(26)23-10-4-3-5-11-23/h3-7,10-13,15-17,21-22H,8-9,14,18-20H2,1-2H3,(H,33,36). The molecule has 0 bridgehead atoms. The molecule has 1 aliphatic rings. The number of thiophene rings is 1. The van der Waals surface area contributed by atoms with E-state index in [9.17, 15) is 9.59 Å². The molecule has 0 spiro atoms. The lowest BCUT2D eigenvalue weighted by Gasteiger charge is -2.22. The lowest BCUT2D eigenvalue weighted by molar-refractivity contribution is 0.0985. The van der Waals surface area contributed by atoms with E-state index in [2.05, 4.69) is 10.7 Å². The van der Waals surface area contributed by atoms with Gasteiger partial charge in [0.15, 0.2) is 0 Å². The predicted octanol–water partition coefficient (Wildman–Crippen LogP) is 6.59. The summed E-state index contributed by atoms with van der Waals surface area (Å²) in [6.07, 6.45) is 3.05. The molecule has 6 nitrogen and oxygen atoms in total. The van der Waals surface area contributed by atoms with Crippen molar-refractivity contribution in [3.05, 3.63) is 100 Å². The van der Waals surface area contributed by atoms with Gasteiger partial charge in [0.2, 0.25) is 0 Å². The number of anilines is 2. The van der Waals surface area contributed by atoms with E-state index in [0.717, 1.165) is 36.1 Å². The van der Waals surface area contributed by atoms with E-state index < -0.39 is 0 Å². The van der Waals surface area contributed by atoms with E-state index in [1.165, 1.54) is 4.88 Å². The van der Waals surface area contributed by atoms with Gasteiger partial charge in [0, 0.05) is 29.1 Å². The van der Waals surface area contributed by atoms with Crippen molar-refractivity contribution >= 4 is 34.5 Å². The number of nitrogens with zero attached hydrogens (tertiary/aromatic N) is 2. The summed E-state index contributed by atoms with van der Waals surface area (Å²) in [5.74, 6) is 0.191. The number of carbonyl (C=O) groups is 2. The molecular weight excluding hydrogens is 506 g/mol. The molecule has 0 atom stereocenters. The number of amides is 2. The summed E-state index contributed by atoms with van der Waals surface area (Å²) in [4.78, 5) is 32.4. The lowest BCUT2D eigenvalue weighted by atomic mass is 9.99. The second-order valence-corrected chi connectivity index (χ2v) is 10.9. The van der Waals surface area contributed by atoms with Crippen molar-refractivity contribution in [1.82, 2.24) is 4.90 Å². The Hall–Kier alpha value is -3.94. The van der Waals surface area contributed by atoms with Gasteiger partial charge in [-0.3, -0.25) is 9.59 Å². The summed E-state index contributed by atoms with van der Waals surface area (Å²) in [5.41, 5.74) is 4.47. The van der Waals surface area contributed by atoms with Gasteiger partial charge in [-0.15, -0.1) is 11.3 Å². The normalized spacial score (nSPS) is 13.1. The Balaban J connectivity index is 1.44. The van der Waals surface area contributed by atoms with Crippen molar-refractivity contribution in [3.63, 3.8) is 0 Å². The molecule has 39 heavy (non-hydrogen) atoms. The van der Waals surface area contributed by atoms with Gasteiger partial charge in [-0.2, -0.15) is 0 Å². The molecule has 0 unspecified atom stereocenters. The average Bonchev–Trinajstić information content (AvgIpc) is 3.32. The minimum atomic E-state index is -0.235. The minimum Gasteiger partial charge on any atom is -0.490 e. The van der Waals surface area contributed by atoms with Crippen molar-refractivity contribution in [2.45, 2.75) is 19.3 Å². The fourth-order valence-corrected chi connectivity index (χ4v) is 5.68. The van der Waals surface area contributed by atoms with Crippen LogP contribution in [0.4, 0.5) is 11.4 Å². The maximum absolute atomic E-state index is 13.7. The van der Waals surface area contributed by atoms with Crippen LogP contribution in [0.1, 0.15) is 38.4 Å². The first-order valence-electron chi connectivity index (χ1n) is 13.3. The third-order valence-corrected chi connectivity index (χ3v) is 7.79. The fraction of sp³-hybridized carbons (Fsp3) is 0.250. The molecule has 200 valence electrons. The highest BCUT2D eigenvalue weighted by Crippen LogP contribution is 2.34. The SMILES string of the molecule is CN(C)CCOc1cc(C(=O)N2CCCCc3sccc32)ccc1NC(=O)c1ccccc1-c1ccccc1. The molecule has 0 radical (unpaired) electrons. The molecule has 1 aromatic heterocycles. The third kappa shape index (κ3) is 6.21. The molecule has 2 amide bonds. The average molecular weight is 540 g/mol. The summed E-state index contributed by atoms with van der Waals surface area (Å²) in [5, 5.41) is 5.10. The van der Waals surface area contributed by atoms with Crippen molar-refractivity contribution in [3.8, 4) is 16.9 Å². The molecule has 0 saturated heterocycles. The smallest absolute Gasteiger partial charge is 0.258 e. The molecule has 3 aromatic carbocycles. The molecule has 1 aliphatic heterocycles. The Morgan fingerprint density at radius 3 is 2.59 bits per heavy atom. The van der Waals surface area contributed by atoms with Crippen LogP contribution in [0.2, 0.25) is 0 Å². The monoisotopic (exact) mass is 539 g/mol. The van der Waals surface area contributed by atoms with Gasteiger partial charge in [-0.1, -0.05) is 48.5 Å². The van der Waals surface area contributed by atoms with Crippen LogP contribution in [0.3, 0.4) is 0 Å². The van der Waals surface area contributed by atoms with Crippen LogP contribution in [0.5, 0.6) is 5.75 Å². The van der Waals surface area contributed by atoms with Crippen LogP contribution in [-0.4, -0.2) is 50.5 Å². The van der Waals surface area contributed by atoms with E-state index in [4.69, 9.17) is 4.74 Å². The van der Waals surface area contributed by atoms with Crippen LogP contribution in [0.25, 0.3) is 11.1 Å². The summed E-state index contributed by atoms with van der Waals surface area (Å²) in [7, 11) is 3.95. The highest BCUT2D eigenvalue weighted by atomic mass is 32.1. The molecule has 4 aromatic rings. The van der Waals surface area contributed by atoms with Crippen molar-refractivity contribution in [2.75, 3.05) is 44.0 Å². The highest BCUT2D eigenvalue weighted by Gasteiger charge is 2.24. The summed E-state index contributed by atoms with van der Waals surface area (Å²) >= 11 is 1.71. The lowest BCUT2D eigenvalue weighted by Crippen LogP contribution is -2.31. The van der Waals surface area contributed by atoms with Crippen molar-refractivity contribution in [1.29, 1.82) is 0 Å². The highest BCUT2D eigenvalue weighted by molar-refractivity contribution is 7.10. The number of benzene rings is 3. The second-order valence-electron chi connectivity index (χ2n) is 9.87. The number of carbonyl (C=O) groups excluding carboxylic acids is 2. The maximum Gasteiger partial charge on any atom is 0.258 e.